The van der Waals surface area contributed by atoms with Crippen LogP contribution in [0, 0.1) is 11.3 Å². The van der Waals surface area contributed by atoms with Gasteiger partial charge in [-0.15, -0.1) is 0 Å². The number of nitrogens with zero attached hydrogens (tertiary/aromatic N) is 3. The van der Waals surface area contributed by atoms with Gasteiger partial charge in [0.1, 0.15) is 6.33 Å². The predicted molar refractivity (Wildman–Crippen MR) is 111 cm³/mol. The molecule has 0 bridgehead atoms. The molecule has 0 aliphatic carbocycles. The fourth-order valence-corrected chi connectivity index (χ4v) is 4.70. The molecular formula is C22H24ClN3O3. The SMILES string of the molecule is CC(C)(C)C1CCN(C(=O)O)C(=O)C1=Cc1ncn2c1CCc1c(Cl)cccc1-2. The lowest BCUT2D eigenvalue weighted by molar-refractivity contribution is -0.128. The minimum absolute atomic E-state index is 0.0340. The van der Waals surface area contributed by atoms with Crippen molar-refractivity contribution in [1.29, 1.82) is 0 Å². The van der Waals surface area contributed by atoms with E-state index in [2.05, 4.69) is 25.8 Å². The largest absolute Gasteiger partial charge is 0.465 e. The Morgan fingerprint density at radius 2 is 2.07 bits per heavy atom. The van der Waals surface area contributed by atoms with Gasteiger partial charge in [-0.1, -0.05) is 38.4 Å². The molecule has 1 aromatic carbocycles. The number of likely N-dealkylation sites (tertiary alicyclic amines) is 1. The minimum Gasteiger partial charge on any atom is -0.465 e. The van der Waals surface area contributed by atoms with Gasteiger partial charge in [0.25, 0.3) is 5.91 Å². The molecule has 2 aliphatic heterocycles. The van der Waals surface area contributed by atoms with Gasteiger partial charge in [0.05, 0.1) is 17.1 Å². The zero-order valence-corrected chi connectivity index (χ0v) is 17.5. The molecule has 6 nitrogen and oxygen atoms in total. The summed E-state index contributed by atoms with van der Waals surface area (Å²) in [7, 11) is 0. The number of hydrogen-bond donors (Lipinski definition) is 1. The van der Waals surface area contributed by atoms with Crippen molar-refractivity contribution in [3.8, 4) is 5.69 Å². The van der Waals surface area contributed by atoms with Crippen molar-refractivity contribution in [3.05, 3.63) is 52.1 Å². The highest BCUT2D eigenvalue weighted by Crippen LogP contribution is 2.40. The van der Waals surface area contributed by atoms with Gasteiger partial charge < -0.3 is 9.67 Å². The van der Waals surface area contributed by atoms with E-state index < -0.39 is 12.0 Å². The zero-order chi connectivity index (χ0) is 20.9. The van der Waals surface area contributed by atoms with Crippen LogP contribution < -0.4 is 0 Å². The number of carbonyl (C=O) groups excluding carboxylic acids is 1. The fraction of sp³-hybridized carbons (Fsp3) is 0.409. The molecule has 2 aromatic rings. The molecular weight excluding hydrogens is 390 g/mol. The molecule has 4 rings (SSSR count). The first-order chi connectivity index (χ1) is 13.7. The van der Waals surface area contributed by atoms with E-state index >= 15 is 0 Å². The molecule has 1 unspecified atom stereocenters. The van der Waals surface area contributed by atoms with E-state index in [4.69, 9.17) is 11.6 Å². The Bertz CT molecular complexity index is 1030. The lowest BCUT2D eigenvalue weighted by atomic mass is 9.72. The first-order valence-corrected chi connectivity index (χ1v) is 10.2. The number of rotatable bonds is 1. The first-order valence-electron chi connectivity index (χ1n) is 9.79. The summed E-state index contributed by atoms with van der Waals surface area (Å²) in [6.45, 7) is 6.46. The molecule has 7 heteroatoms. The van der Waals surface area contributed by atoms with Gasteiger partial charge in [-0.3, -0.25) is 4.79 Å². The van der Waals surface area contributed by atoms with Gasteiger partial charge in [-0.2, -0.15) is 0 Å². The first kappa shape index (κ1) is 19.7. The summed E-state index contributed by atoms with van der Waals surface area (Å²) in [6.07, 6.45) is 4.52. The van der Waals surface area contributed by atoms with E-state index in [1.165, 1.54) is 0 Å². The highest BCUT2D eigenvalue weighted by atomic mass is 35.5. The van der Waals surface area contributed by atoms with Gasteiger partial charge in [0.2, 0.25) is 0 Å². The second-order valence-corrected chi connectivity index (χ2v) is 9.14. The standard InChI is InChI=1S/C22H24ClN3O3/c1-22(2,3)15-9-10-25(21(28)29)20(27)14(15)11-17-19-8-7-13-16(23)5-4-6-18(13)26(19)12-24-17/h4-6,11-12,15H,7-10H2,1-3H3,(H,28,29). The summed E-state index contributed by atoms with van der Waals surface area (Å²) in [5, 5.41) is 10.2. The quantitative estimate of drug-likeness (QED) is 0.694. The number of imidazole rings is 1. The topological polar surface area (TPSA) is 75.4 Å². The van der Waals surface area contributed by atoms with Gasteiger partial charge in [0.15, 0.2) is 0 Å². The average Bonchev–Trinajstić information content (AvgIpc) is 3.05. The van der Waals surface area contributed by atoms with Crippen LogP contribution in [-0.2, 0) is 17.6 Å². The van der Waals surface area contributed by atoms with Crippen molar-refractivity contribution in [2.24, 2.45) is 11.3 Å². The number of carboxylic acid groups (broad SMARTS) is 1. The van der Waals surface area contributed by atoms with Crippen LogP contribution in [-0.4, -0.2) is 38.1 Å². The molecule has 29 heavy (non-hydrogen) atoms. The van der Waals surface area contributed by atoms with Crippen LogP contribution in [0.5, 0.6) is 0 Å². The number of benzene rings is 1. The summed E-state index contributed by atoms with van der Waals surface area (Å²) < 4.78 is 2.02. The molecule has 2 amide bonds. The number of aromatic nitrogens is 2. The molecule has 0 spiro atoms. The molecule has 152 valence electrons. The van der Waals surface area contributed by atoms with Gasteiger partial charge in [-0.05, 0) is 54.4 Å². The average molecular weight is 414 g/mol. The van der Waals surface area contributed by atoms with Crippen LogP contribution in [0.1, 0.15) is 44.1 Å². The summed E-state index contributed by atoms with van der Waals surface area (Å²) in [5.74, 6) is -0.474. The zero-order valence-electron chi connectivity index (χ0n) is 16.8. The lowest BCUT2D eigenvalue weighted by Crippen LogP contribution is -2.46. The van der Waals surface area contributed by atoms with E-state index in [9.17, 15) is 14.7 Å². The Labute approximate surface area is 174 Å². The highest BCUT2D eigenvalue weighted by molar-refractivity contribution is 6.31. The number of carbonyl (C=O) groups is 2. The van der Waals surface area contributed by atoms with E-state index in [1.807, 2.05) is 22.8 Å². The fourth-order valence-electron chi connectivity index (χ4n) is 4.44. The molecule has 3 heterocycles. The second-order valence-electron chi connectivity index (χ2n) is 8.73. The van der Waals surface area contributed by atoms with Crippen LogP contribution in [0.3, 0.4) is 0 Å². The van der Waals surface area contributed by atoms with Crippen LogP contribution in [0.2, 0.25) is 5.02 Å². The van der Waals surface area contributed by atoms with Gasteiger partial charge in [0, 0.05) is 17.1 Å². The van der Waals surface area contributed by atoms with Crippen molar-refractivity contribution in [1.82, 2.24) is 14.5 Å². The number of piperidine rings is 1. The van der Waals surface area contributed by atoms with Crippen molar-refractivity contribution in [3.63, 3.8) is 0 Å². The molecule has 2 aliphatic rings. The highest BCUT2D eigenvalue weighted by Gasteiger charge is 2.40. The van der Waals surface area contributed by atoms with E-state index in [1.54, 1.807) is 12.4 Å². The number of imide groups is 1. The third kappa shape index (κ3) is 3.35. The maximum atomic E-state index is 13.0. The number of fused-ring (bicyclic) bond motifs is 3. The molecule has 1 atom stereocenters. The van der Waals surface area contributed by atoms with Crippen LogP contribution in [0.4, 0.5) is 4.79 Å². The Kier molecular flexibility index (Phi) is 4.77. The molecule has 0 radical (unpaired) electrons. The van der Waals surface area contributed by atoms with Crippen molar-refractivity contribution in [2.45, 2.75) is 40.0 Å². The Balaban J connectivity index is 1.80. The van der Waals surface area contributed by atoms with Crippen LogP contribution >= 0.6 is 11.6 Å². The van der Waals surface area contributed by atoms with Gasteiger partial charge in [-0.25, -0.2) is 14.7 Å². The van der Waals surface area contributed by atoms with E-state index in [0.717, 1.165) is 45.4 Å². The van der Waals surface area contributed by atoms with Crippen LogP contribution in [0.15, 0.2) is 30.1 Å². The monoisotopic (exact) mass is 413 g/mol. The normalized spacial score (nSPS) is 20.6. The van der Waals surface area contributed by atoms with Gasteiger partial charge >= 0.3 is 6.09 Å². The van der Waals surface area contributed by atoms with E-state index in [-0.39, 0.29) is 17.9 Å². The molecule has 0 saturated carbocycles. The predicted octanol–water partition coefficient (Wildman–Crippen LogP) is 4.58. The van der Waals surface area contributed by atoms with Crippen molar-refractivity contribution >= 4 is 29.7 Å². The molecule has 1 aromatic heterocycles. The third-order valence-electron chi connectivity index (χ3n) is 5.94. The maximum Gasteiger partial charge on any atom is 0.414 e. The van der Waals surface area contributed by atoms with Crippen LogP contribution in [0.25, 0.3) is 11.8 Å². The van der Waals surface area contributed by atoms with E-state index in [0.29, 0.717) is 12.0 Å². The lowest BCUT2D eigenvalue weighted by Gasteiger charge is -2.38. The smallest absolute Gasteiger partial charge is 0.414 e. The summed E-state index contributed by atoms with van der Waals surface area (Å²) in [6, 6.07) is 5.82. The third-order valence-corrected chi connectivity index (χ3v) is 6.30. The second kappa shape index (κ2) is 7.02. The minimum atomic E-state index is -1.20. The Morgan fingerprint density at radius 3 is 2.76 bits per heavy atom. The molecule has 1 N–H and O–H groups in total. The number of amides is 2. The maximum absolute atomic E-state index is 13.0. The summed E-state index contributed by atoms with van der Waals surface area (Å²) >= 11 is 6.35. The number of hydrogen-bond acceptors (Lipinski definition) is 3. The number of halogens is 1. The summed E-state index contributed by atoms with van der Waals surface area (Å²) in [4.78, 5) is 30.0. The summed E-state index contributed by atoms with van der Waals surface area (Å²) in [5.41, 5.74) is 4.19. The van der Waals surface area contributed by atoms with Crippen molar-refractivity contribution in [2.75, 3.05) is 6.54 Å². The molecule has 1 saturated heterocycles. The molecule has 1 fully saturated rings. The van der Waals surface area contributed by atoms with Crippen molar-refractivity contribution < 1.29 is 14.7 Å². The Hall–Kier alpha value is -2.60. The Morgan fingerprint density at radius 1 is 1.31 bits per heavy atom.